The molecule has 0 radical (unpaired) electrons. The van der Waals surface area contributed by atoms with Gasteiger partial charge in [-0.25, -0.2) is 4.39 Å². The molecular weight excluding hydrogens is 546 g/mol. The van der Waals surface area contributed by atoms with Crippen LogP contribution in [-0.4, -0.2) is 66.0 Å². The van der Waals surface area contributed by atoms with Crippen molar-refractivity contribution in [3.05, 3.63) is 59.4 Å². The highest BCUT2D eigenvalue weighted by molar-refractivity contribution is 5.86. The zero-order chi connectivity index (χ0) is 29.2. The van der Waals surface area contributed by atoms with Crippen LogP contribution in [0.5, 0.6) is 5.75 Å². The molecule has 0 bridgehead atoms. The number of nitrogens with zero attached hydrogens (tertiary/aromatic N) is 2. The molecule has 3 fully saturated rings. The van der Waals surface area contributed by atoms with Crippen LogP contribution in [0.1, 0.15) is 43.2 Å². The first-order chi connectivity index (χ1) is 19.6. The van der Waals surface area contributed by atoms with Gasteiger partial charge in [-0.2, -0.15) is 22.8 Å². The summed E-state index contributed by atoms with van der Waals surface area (Å²) >= 11 is 0. The molecule has 0 spiro atoms. The predicted octanol–water partition coefficient (Wildman–Crippen LogP) is 4.45. The van der Waals surface area contributed by atoms with Gasteiger partial charge in [0.25, 0.3) is 5.91 Å². The SMILES string of the molecule is O=C(N1COc2ccc(C(F)(F)F)cc2C1)[C@@]1(C2CC2)CC[C@@H](N2CC[C@@H](Nc3ccc(F)cc3)C2)CO1.O=C=O. The van der Waals surface area contributed by atoms with E-state index < -0.39 is 17.3 Å². The molecule has 0 aromatic heterocycles. The zero-order valence-electron chi connectivity index (χ0n) is 22.3. The van der Waals surface area contributed by atoms with Crippen molar-refractivity contribution in [1.29, 1.82) is 0 Å². The Hall–Kier alpha value is -3.47. The molecule has 3 heterocycles. The van der Waals surface area contributed by atoms with Crippen LogP contribution in [0.3, 0.4) is 0 Å². The Morgan fingerprint density at radius 1 is 1.05 bits per heavy atom. The van der Waals surface area contributed by atoms with Gasteiger partial charge in [-0.15, -0.1) is 0 Å². The molecule has 6 rings (SSSR count). The molecule has 8 nitrogen and oxygen atoms in total. The average molecular weight is 578 g/mol. The van der Waals surface area contributed by atoms with Crippen LogP contribution in [-0.2, 0) is 31.8 Å². The molecule has 1 aliphatic carbocycles. The number of hydrogen-bond donors (Lipinski definition) is 1. The quantitative estimate of drug-likeness (QED) is 0.526. The second-order valence-electron chi connectivity index (χ2n) is 11.0. The van der Waals surface area contributed by atoms with Gasteiger partial charge in [-0.3, -0.25) is 9.69 Å². The van der Waals surface area contributed by atoms with E-state index in [1.54, 1.807) is 12.1 Å². The number of likely N-dealkylation sites (tertiary alicyclic amines) is 1. The topological polar surface area (TPSA) is 88.2 Å². The van der Waals surface area contributed by atoms with Crippen LogP contribution in [0.15, 0.2) is 42.5 Å². The summed E-state index contributed by atoms with van der Waals surface area (Å²) in [5, 5.41) is 3.47. The Morgan fingerprint density at radius 2 is 1.78 bits per heavy atom. The Kier molecular flexibility index (Phi) is 8.35. The van der Waals surface area contributed by atoms with Crippen molar-refractivity contribution in [2.24, 2.45) is 5.92 Å². The maximum atomic E-state index is 13.8. The minimum Gasteiger partial charge on any atom is -0.473 e. The van der Waals surface area contributed by atoms with Crippen molar-refractivity contribution in [3.63, 3.8) is 0 Å². The van der Waals surface area contributed by atoms with Crippen molar-refractivity contribution >= 4 is 17.7 Å². The maximum Gasteiger partial charge on any atom is 0.416 e. The summed E-state index contributed by atoms with van der Waals surface area (Å²) in [4.78, 5) is 33.9. The highest BCUT2D eigenvalue weighted by Crippen LogP contribution is 2.48. The number of carbonyl (C=O) groups excluding carboxylic acids is 3. The molecule has 12 heteroatoms. The van der Waals surface area contributed by atoms with Crippen LogP contribution in [0, 0.1) is 11.7 Å². The fraction of sp³-hybridized carbons (Fsp3) is 0.517. The zero-order valence-corrected chi connectivity index (χ0v) is 22.3. The number of ether oxygens (including phenoxy) is 2. The lowest BCUT2D eigenvalue weighted by molar-refractivity contribution is -0.191. The normalized spacial score (nSPS) is 26.2. The largest absolute Gasteiger partial charge is 0.473 e. The standard InChI is InChI=1S/C28H31F4N3O3.CO2/c29-21-4-6-22(7-5-21)33-23-10-12-34(15-23)24-9-11-27(38-16-24,19-1-2-19)26(36)35-14-18-13-20(28(30,31)32)3-8-25(18)37-17-35;2-1-3/h3-8,13,19,23-24,33H,1-2,9-12,14-17H2;/t23-,24-,27+;/m1./s1. The van der Waals surface area contributed by atoms with Crippen molar-refractivity contribution in [2.75, 3.05) is 31.7 Å². The number of halogens is 4. The number of hydrogen-bond acceptors (Lipinski definition) is 7. The lowest BCUT2D eigenvalue weighted by Crippen LogP contribution is -2.58. The summed E-state index contributed by atoms with van der Waals surface area (Å²) in [5.41, 5.74) is -0.439. The summed E-state index contributed by atoms with van der Waals surface area (Å²) in [6.45, 7) is 2.27. The molecule has 2 aromatic carbocycles. The lowest BCUT2D eigenvalue weighted by Gasteiger charge is -2.44. The molecule has 3 aliphatic heterocycles. The molecule has 1 saturated carbocycles. The second kappa shape index (κ2) is 11.8. The van der Waals surface area contributed by atoms with Crippen molar-refractivity contribution in [1.82, 2.24) is 9.80 Å². The number of rotatable bonds is 5. The number of anilines is 1. The third-order valence-electron chi connectivity index (χ3n) is 8.34. The monoisotopic (exact) mass is 577 g/mol. The van der Waals surface area contributed by atoms with Gasteiger partial charge < -0.3 is 19.7 Å². The molecule has 1 amide bonds. The Labute approximate surface area is 234 Å². The van der Waals surface area contributed by atoms with Gasteiger partial charge in [0.05, 0.1) is 18.7 Å². The van der Waals surface area contributed by atoms with Gasteiger partial charge in [0.1, 0.15) is 17.2 Å². The third kappa shape index (κ3) is 6.39. The molecular formula is C29H31F4N3O5. The van der Waals surface area contributed by atoms with Crippen LogP contribution in [0.2, 0.25) is 0 Å². The number of nitrogens with one attached hydrogen (secondary N) is 1. The van der Waals surface area contributed by atoms with Crippen molar-refractivity contribution in [3.8, 4) is 5.75 Å². The minimum atomic E-state index is -4.46. The molecule has 220 valence electrons. The molecule has 41 heavy (non-hydrogen) atoms. The van der Waals surface area contributed by atoms with Crippen LogP contribution >= 0.6 is 0 Å². The first kappa shape index (κ1) is 29.0. The predicted molar refractivity (Wildman–Crippen MR) is 137 cm³/mol. The highest BCUT2D eigenvalue weighted by atomic mass is 19.4. The van der Waals surface area contributed by atoms with E-state index >= 15 is 0 Å². The summed E-state index contributed by atoms with van der Waals surface area (Å²) in [5.74, 6) is 0.0668. The van der Waals surface area contributed by atoms with Gasteiger partial charge >= 0.3 is 12.3 Å². The average Bonchev–Trinajstić information content (AvgIpc) is 3.72. The van der Waals surface area contributed by atoms with E-state index in [1.165, 1.54) is 23.1 Å². The number of benzene rings is 2. The van der Waals surface area contributed by atoms with Gasteiger partial charge in [0, 0.05) is 36.4 Å². The fourth-order valence-corrected chi connectivity index (χ4v) is 6.12. The van der Waals surface area contributed by atoms with E-state index in [9.17, 15) is 22.4 Å². The summed E-state index contributed by atoms with van der Waals surface area (Å²) in [7, 11) is 0. The third-order valence-corrected chi connectivity index (χ3v) is 8.34. The molecule has 0 unspecified atom stereocenters. The van der Waals surface area contributed by atoms with E-state index in [2.05, 4.69) is 10.2 Å². The van der Waals surface area contributed by atoms with E-state index in [0.29, 0.717) is 24.3 Å². The Balaban J connectivity index is 0.00000108. The van der Waals surface area contributed by atoms with Gasteiger partial charge in [-0.1, -0.05) is 0 Å². The molecule has 2 aromatic rings. The molecule has 2 saturated heterocycles. The van der Waals surface area contributed by atoms with Crippen LogP contribution in [0.4, 0.5) is 23.2 Å². The fourth-order valence-electron chi connectivity index (χ4n) is 6.12. The smallest absolute Gasteiger partial charge is 0.416 e. The summed E-state index contributed by atoms with van der Waals surface area (Å²) in [6.07, 6.45) is -0.0263. The number of carbonyl (C=O) groups is 1. The first-order valence-corrected chi connectivity index (χ1v) is 13.6. The van der Waals surface area contributed by atoms with Crippen LogP contribution in [0.25, 0.3) is 0 Å². The number of alkyl halides is 3. The van der Waals surface area contributed by atoms with Gasteiger partial charge in [0.15, 0.2) is 6.73 Å². The van der Waals surface area contributed by atoms with E-state index in [4.69, 9.17) is 19.1 Å². The number of fused-ring (bicyclic) bond motifs is 1. The van der Waals surface area contributed by atoms with Crippen molar-refractivity contribution < 1.29 is 41.4 Å². The Bertz CT molecular complexity index is 1270. The lowest BCUT2D eigenvalue weighted by atomic mass is 9.85. The highest BCUT2D eigenvalue weighted by Gasteiger charge is 2.56. The maximum absolute atomic E-state index is 13.8. The van der Waals surface area contributed by atoms with Crippen LogP contribution < -0.4 is 10.1 Å². The molecule has 3 atom stereocenters. The first-order valence-electron chi connectivity index (χ1n) is 13.6. The number of amides is 1. The van der Waals surface area contributed by atoms with E-state index in [0.717, 1.165) is 56.6 Å². The molecule has 4 aliphatic rings. The van der Waals surface area contributed by atoms with E-state index in [-0.39, 0.29) is 49.2 Å². The summed E-state index contributed by atoms with van der Waals surface area (Å²) in [6, 6.07) is 10.2. The van der Waals surface area contributed by atoms with Crippen molar-refractivity contribution in [2.45, 2.75) is 62.5 Å². The second-order valence-corrected chi connectivity index (χ2v) is 11.0. The molecule has 1 N–H and O–H groups in total. The van der Waals surface area contributed by atoms with E-state index in [1.807, 2.05) is 0 Å². The van der Waals surface area contributed by atoms with Gasteiger partial charge in [-0.05, 0) is 80.5 Å². The van der Waals surface area contributed by atoms with Gasteiger partial charge in [0.2, 0.25) is 0 Å². The summed E-state index contributed by atoms with van der Waals surface area (Å²) < 4.78 is 65.0. The Morgan fingerprint density at radius 3 is 2.41 bits per heavy atom. The minimum absolute atomic E-state index is 0.00131.